The number of carbonyl (C=O) groups excluding carboxylic acids is 2. The van der Waals surface area contributed by atoms with Crippen molar-refractivity contribution in [3.63, 3.8) is 0 Å². The maximum absolute atomic E-state index is 13.6. The van der Waals surface area contributed by atoms with Crippen LogP contribution >= 0.6 is 0 Å². The lowest BCUT2D eigenvalue weighted by Crippen LogP contribution is -2.49. The number of ether oxygens (including phenoxy) is 3. The van der Waals surface area contributed by atoms with E-state index in [-0.39, 0.29) is 25.7 Å². The molecule has 11 heteroatoms. The van der Waals surface area contributed by atoms with Crippen LogP contribution in [0.25, 0.3) is 5.69 Å². The van der Waals surface area contributed by atoms with Gasteiger partial charge in [-0.15, -0.1) is 0 Å². The molecular weight excluding hydrogens is 492 g/mol. The number of benzene rings is 2. The summed E-state index contributed by atoms with van der Waals surface area (Å²) in [6.45, 7) is 2.33. The van der Waals surface area contributed by atoms with E-state index in [4.69, 9.17) is 14.2 Å². The first-order chi connectivity index (χ1) is 18.4. The van der Waals surface area contributed by atoms with E-state index in [9.17, 15) is 19.2 Å². The van der Waals surface area contributed by atoms with Gasteiger partial charge in [0.25, 0.3) is 11.5 Å². The number of likely N-dealkylation sites (tertiary alicyclic amines) is 1. The van der Waals surface area contributed by atoms with Crippen molar-refractivity contribution in [3.8, 4) is 17.2 Å². The van der Waals surface area contributed by atoms with Crippen LogP contribution in [0.15, 0.2) is 58.1 Å². The minimum absolute atomic E-state index is 0.0979. The molecule has 0 saturated carbocycles. The summed E-state index contributed by atoms with van der Waals surface area (Å²) in [5.41, 5.74) is -0.941. The Hall–Kier alpha value is -4.41. The highest BCUT2D eigenvalue weighted by molar-refractivity contribution is 5.92. The van der Waals surface area contributed by atoms with E-state index in [2.05, 4.69) is 5.10 Å². The van der Waals surface area contributed by atoms with E-state index in [1.807, 2.05) is 0 Å². The molecule has 38 heavy (non-hydrogen) atoms. The largest absolute Gasteiger partial charge is 0.497 e. The lowest BCUT2D eigenvalue weighted by Gasteiger charge is -2.31. The molecule has 0 radical (unpaired) electrons. The number of aromatic nitrogens is 3. The first-order valence-corrected chi connectivity index (χ1v) is 12.3. The van der Waals surface area contributed by atoms with Gasteiger partial charge in [-0.3, -0.25) is 19.0 Å². The van der Waals surface area contributed by atoms with Crippen molar-refractivity contribution < 1.29 is 23.8 Å². The van der Waals surface area contributed by atoms with Gasteiger partial charge < -0.3 is 19.1 Å². The number of hydrogen-bond donors (Lipinski definition) is 0. The normalized spacial score (nSPS) is 15.1. The summed E-state index contributed by atoms with van der Waals surface area (Å²) in [6, 6.07) is 13.5. The summed E-state index contributed by atoms with van der Waals surface area (Å²) in [5, 5.41) is 4.21. The van der Waals surface area contributed by atoms with Gasteiger partial charge in [-0.05, 0) is 61.7 Å². The van der Waals surface area contributed by atoms with Crippen LogP contribution in [0.1, 0.15) is 35.8 Å². The Morgan fingerprint density at radius 1 is 1.03 bits per heavy atom. The summed E-state index contributed by atoms with van der Waals surface area (Å²) in [4.78, 5) is 54.3. The smallest absolute Gasteiger partial charge is 0.352 e. The summed E-state index contributed by atoms with van der Waals surface area (Å²) in [6.07, 6.45) is 1.16. The van der Waals surface area contributed by atoms with Crippen molar-refractivity contribution in [2.75, 3.05) is 33.9 Å². The van der Waals surface area contributed by atoms with Crippen molar-refractivity contribution in [1.29, 1.82) is 0 Å². The molecule has 0 aliphatic carbocycles. The topological polar surface area (TPSA) is 122 Å². The van der Waals surface area contributed by atoms with Crippen LogP contribution in [0.2, 0.25) is 0 Å². The molecule has 1 atom stereocenters. The van der Waals surface area contributed by atoms with E-state index in [1.165, 1.54) is 19.1 Å². The van der Waals surface area contributed by atoms with Crippen LogP contribution in [0.3, 0.4) is 0 Å². The Bertz CT molecular complexity index is 1430. The van der Waals surface area contributed by atoms with E-state index >= 15 is 0 Å². The maximum Gasteiger partial charge on any atom is 0.352 e. The van der Waals surface area contributed by atoms with Gasteiger partial charge in [0, 0.05) is 13.1 Å². The molecule has 1 unspecified atom stereocenters. The number of rotatable bonds is 8. The van der Waals surface area contributed by atoms with Crippen molar-refractivity contribution in [1.82, 2.24) is 19.2 Å². The fourth-order valence-electron chi connectivity index (χ4n) is 4.40. The highest BCUT2D eigenvalue weighted by Crippen LogP contribution is 2.20. The lowest BCUT2D eigenvalue weighted by atomic mass is 9.98. The summed E-state index contributed by atoms with van der Waals surface area (Å²) >= 11 is 0. The molecule has 3 aromatic rings. The zero-order chi connectivity index (χ0) is 27.2. The zero-order valence-electron chi connectivity index (χ0n) is 21.6. The van der Waals surface area contributed by atoms with Gasteiger partial charge in [-0.1, -0.05) is 12.1 Å². The highest BCUT2D eigenvalue weighted by atomic mass is 16.5. The number of methoxy groups -OCH3 is 2. The van der Waals surface area contributed by atoms with Crippen molar-refractivity contribution in [2.45, 2.75) is 26.3 Å². The Balaban J connectivity index is 1.79. The number of amides is 1. The Morgan fingerprint density at radius 3 is 2.45 bits per heavy atom. The molecule has 4 rings (SSSR count). The summed E-state index contributed by atoms with van der Waals surface area (Å²) in [5.74, 6) is -0.378. The molecule has 200 valence electrons. The van der Waals surface area contributed by atoms with Crippen molar-refractivity contribution >= 4 is 11.9 Å². The molecule has 2 heterocycles. The quantitative estimate of drug-likeness (QED) is 0.411. The minimum Gasteiger partial charge on any atom is -0.497 e. The molecule has 0 N–H and O–H groups in total. The van der Waals surface area contributed by atoms with E-state index in [0.717, 1.165) is 9.25 Å². The molecule has 1 aliphatic heterocycles. The highest BCUT2D eigenvalue weighted by Gasteiger charge is 2.32. The number of nitrogens with zero attached hydrogens (tertiary/aromatic N) is 4. The second-order valence-corrected chi connectivity index (χ2v) is 8.83. The number of piperidine rings is 1. The second-order valence-electron chi connectivity index (χ2n) is 8.83. The molecule has 11 nitrogen and oxygen atoms in total. The predicted molar refractivity (Wildman–Crippen MR) is 138 cm³/mol. The molecule has 1 aliphatic rings. The van der Waals surface area contributed by atoms with Gasteiger partial charge in [0.2, 0.25) is 5.69 Å². The van der Waals surface area contributed by atoms with E-state index in [1.54, 1.807) is 55.5 Å². The Labute approximate surface area is 219 Å². The van der Waals surface area contributed by atoms with Gasteiger partial charge in [0.15, 0.2) is 0 Å². The third-order valence-corrected chi connectivity index (χ3v) is 6.38. The number of esters is 1. The van der Waals surface area contributed by atoms with Gasteiger partial charge in [0.1, 0.15) is 11.5 Å². The fraction of sp³-hybridized carbons (Fsp3) is 0.370. The van der Waals surface area contributed by atoms with Crippen LogP contribution < -0.4 is 20.7 Å². The van der Waals surface area contributed by atoms with Gasteiger partial charge in [-0.2, -0.15) is 9.78 Å². The summed E-state index contributed by atoms with van der Waals surface area (Å²) < 4.78 is 17.6. The first-order valence-electron chi connectivity index (χ1n) is 12.3. The maximum atomic E-state index is 13.6. The van der Waals surface area contributed by atoms with Crippen molar-refractivity contribution in [3.05, 3.63) is 80.6 Å². The third kappa shape index (κ3) is 5.61. The average Bonchev–Trinajstić information content (AvgIpc) is 2.95. The molecule has 1 amide bonds. The van der Waals surface area contributed by atoms with Crippen LogP contribution in [0.4, 0.5) is 0 Å². The SMILES string of the molecule is CCOC(=O)C1CCCN(C(=O)c2nn(-c3ccc(OC)cc3)c(=O)n(Cc3cccc(OC)c3)c2=O)C1. The van der Waals surface area contributed by atoms with Crippen LogP contribution in [0, 0.1) is 5.92 Å². The fourth-order valence-corrected chi connectivity index (χ4v) is 4.40. The van der Waals surface area contributed by atoms with Gasteiger partial charge >= 0.3 is 11.7 Å². The lowest BCUT2D eigenvalue weighted by molar-refractivity contribution is -0.149. The first kappa shape index (κ1) is 26.6. The van der Waals surface area contributed by atoms with Crippen LogP contribution in [-0.2, 0) is 16.1 Å². The van der Waals surface area contributed by atoms with Crippen molar-refractivity contribution in [2.24, 2.45) is 5.92 Å². The molecule has 2 aromatic carbocycles. The van der Waals surface area contributed by atoms with Gasteiger partial charge in [0.05, 0.1) is 39.0 Å². The molecular formula is C27H30N4O7. The molecule has 1 aromatic heterocycles. The zero-order valence-corrected chi connectivity index (χ0v) is 21.6. The predicted octanol–water partition coefficient (Wildman–Crippen LogP) is 1.87. The number of hydrogen-bond acceptors (Lipinski definition) is 8. The van der Waals surface area contributed by atoms with E-state index in [0.29, 0.717) is 42.1 Å². The summed E-state index contributed by atoms with van der Waals surface area (Å²) in [7, 11) is 3.04. The molecule has 0 bridgehead atoms. The average molecular weight is 523 g/mol. The monoisotopic (exact) mass is 522 g/mol. The van der Waals surface area contributed by atoms with Gasteiger partial charge in [-0.25, -0.2) is 4.79 Å². The Kier molecular flexibility index (Phi) is 8.25. The molecule has 1 fully saturated rings. The Morgan fingerprint density at radius 2 is 1.76 bits per heavy atom. The minimum atomic E-state index is -0.814. The number of carbonyl (C=O) groups is 2. The standard InChI is InChI=1S/C27H30N4O7/c1-4-38-26(34)19-8-6-14-29(17-19)24(32)23-25(33)30(16-18-7-5-9-22(15-18)37-3)27(35)31(28-23)20-10-12-21(36-2)13-11-20/h5,7,9-13,15,19H,4,6,8,14,16-17H2,1-3H3. The molecule has 1 saturated heterocycles. The van der Waals surface area contributed by atoms with E-state index < -0.39 is 28.8 Å². The van der Waals surface area contributed by atoms with Crippen LogP contribution in [-0.4, -0.2) is 65.0 Å². The third-order valence-electron chi connectivity index (χ3n) is 6.38. The van der Waals surface area contributed by atoms with Crippen LogP contribution in [0.5, 0.6) is 11.5 Å². The molecule has 0 spiro atoms. The second kappa shape index (κ2) is 11.8.